The van der Waals surface area contributed by atoms with Gasteiger partial charge in [0.15, 0.2) is 9.84 Å². The van der Waals surface area contributed by atoms with Crippen LogP contribution >= 0.6 is 0 Å². The van der Waals surface area contributed by atoms with E-state index in [-0.39, 0.29) is 0 Å². The molecule has 4 heteroatoms. The molecule has 0 aromatic carbocycles. The highest BCUT2D eigenvalue weighted by atomic mass is 32.2. The molecule has 3 atom stereocenters. The van der Waals surface area contributed by atoms with Gasteiger partial charge in [-0.2, -0.15) is 0 Å². The monoisotopic (exact) mass is 289 g/mol. The second-order valence-electron chi connectivity index (χ2n) is 7.06. The van der Waals surface area contributed by atoms with Crippen LogP contribution in [-0.4, -0.2) is 25.5 Å². The van der Waals surface area contributed by atoms with Crippen LogP contribution in [0.3, 0.4) is 0 Å². The minimum absolute atomic E-state index is 0.314. The molecule has 1 fully saturated rings. The van der Waals surface area contributed by atoms with E-state index in [4.69, 9.17) is 5.73 Å². The fourth-order valence-electron chi connectivity index (χ4n) is 3.07. The summed E-state index contributed by atoms with van der Waals surface area (Å²) in [5.41, 5.74) is 5.86. The molecule has 0 aliphatic heterocycles. The van der Waals surface area contributed by atoms with Gasteiger partial charge in [-0.25, -0.2) is 8.42 Å². The average molecular weight is 289 g/mol. The van der Waals surface area contributed by atoms with Crippen LogP contribution in [-0.2, 0) is 9.84 Å². The fourth-order valence-corrected chi connectivity index (χ4v) is 4.30. The normalized spacial score (nSPS) is 29.4. The van der Waals surface area contributed by atoms with Crippen LogP contribution < -0.4 is 5.73 Å². The van der Waals surface area contributed by atoms with Gasteiger partial charge in [-0.1, -0.05) is 19.8 Å². The maximum absolute atomic E-state index is 12.2. The van der Waals surface area contributed by atoms with Gasteiger partial charge < -0.3 is 5.73 Å². The van der Waals surface area contributed by atoms with Crippen molar-refractivity contribution in [2.75, 3.05) is 12.3 Å². The van der Waals surface area contributed by atoms with Gasteiger partial charge in [0.05, 0.1) is 10.5 Å². The van der Waals surface area contributed by atoms with Crippen molar-refractivity contribution >= 4 is 9.84 Å². The molecule has 0 saturated heterocycles. The molecule has 0 heterocycles. The standard InChI is InChI=1S/C15H31NO2S/c1-5-12-6-7-14(11-16)13(10-12)8-9-19(17,18)15(2,3)4/h12-14H,5-11,16H2,1-4H3. The Balaban J connectivity index is 2.63. The second-order valence-corrected chi connectivity index (χ2v) is 9.93. The van der Waals surface area contributed by atoms with Crippen LogP contribution in [0.15, 0.2) is 0 Å². The predicted octanol–water partition coefficient (Wildman–Crippen LogP) is 2.99. The van der Waals surface area contributed by atoms with Crippen LogP contribution in [0.2, 0.25) is 0 Å². The third-order valence-electron chi connectivity index (χ3n) is 4.82. The van der Waals surface area contributed by atoms with E-state index in [9.17, 15) is 8.42 Å². The SMILES string of the molecule is CCC1CCC(CN)C(CCS(=O)(=O)C(C)(C)C)C1. The number of hydrogen-bond donors (Lipinski definition) is 1. The van der Waals surface area contributed by atoms with Crippen molar-refractivity contribution in [1.29, 1.82) is 0 Å². The molecule has 1 aliphatic rings. The van der Waals surface area contributed by atoms with Crippen LogP contribution in [0.1, 0.15) is 59.8 Å². The van der Waals surface area contributed by atoms with Crippen molar-refractivity contribution in [3.63, 3.8) is 0 Å². The Bertz CT molecular complexity index is 370. The molecule has 3 nitrogen and oxygen atoms in total. The van der Waals surface area contributed by atoms with Gasteiger partial charge in [-0.05, 0) is 64.3 Å². The molecule has 1 saturated carbocycles. The van der Waals surface area contributed by atoms with E-state index in [1.54, 1.807) is 20.8 Å². The smallest absolute Gasteiger partial charge is 0.155 e. The van der Waals surface area contributed by atoms with Gasteiger partial charge in [0.25, 0.3) is 0 Å². The van der Waals surface area contributed by atoms with Crippen LogP contribution in [0, 0.1) is 17.8 Å². The molecule has 0 spiro atoms. The maximum Gasteiger partial charge on any atom is 0.155 e. The molecule has 0 radical (unpaired) electrons. The topological polar surface area (TPSA) is 60.2 Å². The molecular formula is C15H31NO2S. The molecule has 114 valence electrons. The van der Waals surface area contributed by atoms with E-state index in [0.717, 1.165) is 18.8 Å². The highest BCUT2D eigenvalue weighted by Gasteiger charge is 2.33. The van der Waals surface area contributed by atoms with Crippen LogP contribution in [0.5, 0.6) is 0 Å². The van der Waals surface area contributed by atoms with E-state index < -0.39 is 14.6 Å². The Morgan fingerprint density at radius 2 is 1.79 bits per heavy atom. The summed E-state index contributed by atoms with van der Waals surface area (Å²) in [4.78, 5) is 0. The summed E-state index contributed by atoms with van der Waals surface area (Å²) in [7, 11) is -2.99. The third-order valence-corrected chi connectivity index (χ3v) is 7.46. The zero-order chi connectivity index (χ0) is 14.7. The zero-order valence-corrected chi connectivity index (χ0v) is 13.8. The molecule has 0 amide bonds. The lowest BCUT2D eigenvalue weighted by molar-refractivity contribution is 0.176. The fraction of sp³-hybridized carbons (Fsp3) is 1.00. The molecule has 1 rings (SSSR count). The van der Waals surface area contributed by atoms with Crippen molar-refractivity contribution in [1.82, 2.24) is 0 Å². The van der Waals surface area contributed by atoms with E-state index in [2.05, 4.69) is 6.92 Å². The highest BCUT2D eigenvalue weighted by molar-refractivity contribution is 7.92. The van der Waals surface area contributed by atoms with Crippen molar-refractivity contribution in [2.24, 2.45) is 23.5 Å². The highest BCUT2D eigenvalue weighted by Crippen LogP contribution is 2.37. The van der Waals surface area contributed by atoms with Gasteiger partial charge in [-0.3, -0.25) is 0 Å². The molecule has 19 heavy (non-hydrogen) atoms. The molecule has 2 N–H and O–H groups in total. The third kappa shape index (κ3) is 4.45. The summed E-state index contributed by atoms with van der Waals surface area (Å²) >= 11 is 0. The van der Waals surface area contributed by atoms with E-state index in [1.807, 2.05) is 0 Å². The molecule has 1 aliphatic carbocycles. The summed E-state index contributed by atoms with van der Waals surface area (Å²) in [5.74, 6) is 2.11. The second kappa shape index (κ2) is 6.57. The van der Waals surface area contributed by atoms with Crippen LogP contribution in [0.25, 0.3) is 0 Å². The molecule has 0 aromatic rings. The number of sulfone groups is 1. The van der Waals surface area contributed by atoms with Crippen molar-refractivity contribution in [2.45, 2.75) is 64.5 Å². The van der Waals surface area contributed by atoms with Gasteiger partial charge >= 0.3 is 0 Å². The Labute approximate surface area is 119 Å². The minimum Gasteiger partial charge on any atom is -0.330 e. The number of hydrogen-bond acceptors (Lipinski definition) is 3. The van der Waals surface area contributed by atoms with Gasteiger partial charge in [0.1, 0.15) is 0 Å². The first-order valence-corrected chi connectivity index (χ1v) is 9.28. The van der Waals surface area contributed by atoms with Crippen molar-refractivity contribution in [3.8, 4) is 0 Å². The quantitative estimate of drug-likeness (QED) is 0.846. The maximum atomic E-state index is 12.2. The first-order chi connectivity index (χ1) is 8.71. The molecule has 3 unspecified atom stereocenters. The first kappa shape index (κ1) is 17.0. The van der Waals surface area contributed by atoms with E-state index in [0.29, 0.717) is 24.1 Å². The van der Waals surface area contributed by atoms with E-state index in [1.165, 1.54) is 19.3 Å². The number of rotatable bonds is 5. The predicted molar refractivity (Wildman–Crippen MR) is 81.8 cm³/mol. The Morgan fingerprint density at radius 3 is 2.26 bits per heavy atom. The lowest BCUT2D eigenvalue weighted by Crippen LogP contribution is -2.35. The van der Waals surface area contributed by atoms with E-state index >= 15 is 0 Å². The summed E-state index contributed by atoms with van der Waals surface area (Å²) in [6.07, 6.45) is 5.60. The summed E-state index contributed by atoms with van der Waals surface area (Å²) in [6.45, 7) is 8.31. The molecule has 0 bridgehead atoms. The first-order valence-electron chi connectivity index (χ1n) is 7.63. The largest absolute Gasteiger partial charge is 0.330 e. The van der Waals surface area contributed by atoms with Crippen molar-refractivity contribution in [3.05, 3.63) is 0 Å². The molecular weight excluding hydrogens is 258 g/mol. The minimum atomic E-state index is -2.99. The van der Waals surface area contributed by atoms with Gasteiger partial charge in [0, 0.05) is 0 Å². The average Bonchev–Trinajstić information content (AvgIpc) is 2.34. The lowest BCUT2D eigenvalue weighted by Gasteiger charge is -2.36. The summed E-state index contributed by atoms with van der Waals surface area (Å²) in [6, 6.07) is 0. The van der Waals surface area contributed by atoms with Crippen molar-refractivity contribution < 1.29 is 8.42 Å². The Kier molecular flexibility index (Phi) is 5.87. The zero-order valence-electron chi connectivity index (χ0n) is 13.0. The van der Waals surface area contributed by atoms with Gasteiger partial charge in [0.2, 0.25) is 0 Å². The lowest BCUT2D eigenvalue weighted by atomic mass is 9.72. The summed E-state index contributed by atoms with van der Waals surface area (Å²) in [5, 5.41) is 0. The van der Waals surface area contributed by atoms with Gasteiger partial charge in [-0.15, -0.1) is 0 Å². The Morgan fingerprint density at radius 1 is 1.16 bits per heavy atom. The Hall–Kier alpha value is -0.0900. The number of nitrogens with two attached hydrogens (primary N) is 1. The summed E-state index contributed by atoms with van der Waals surface area (Å²) < 4.78 is 23.8. The molecule has 0 aromatic heterocycles. The van der Waals surface area contributed by atoms with Crippen LogP contribution in [0.4, 0.5) is 0 Å².